The second-order valence-corrected chi connectivity index (χ2v) is 4.62. The molecule has 1 saturated carbocycles. The number of carbonyl (C=O) groups excluding carboxylic acids is 1. The first-order valence-corrected chi connectivity index (χ1v) is 5.77. The first kappa shape index (κ1) is 9.97. The van der Waals surface area contributed by atoms with E-state index in [1.165, 1.54) is 32.2 Å². The molecule has 14 heavy (non-hydrogen) atoms. The predicted octanol–water partition coefficient (Wildman–Crippen LogP) is 1.14. The number of likely N-dealkylation sites (tertiary alicyclic amines) is 1. The fourth-order valence-electron chi connectivity index (χ4n) is 2.50. The Bertz CT molecular complexity index is 213. The van der Waals surface area contributed by atoms with E-state index in [-0.39, 0.29) is 5.91 Å². The topological polar surface area (TPSA) is 32.3 Å². The predicted molar refractivity (Wildman–Crippen MR) is 56.1 cm³/mol. The number of rotatable bonds is 2. The summed E-state index contributed by atoms with van der Waals surface area (Å²) in [6.07, 6.45) is 6.52. The number of piperidine rings is 1. The van der Waals surface area contributed by atoms with Crippen molar-refractivity contribution >= 4 is 5.91 Å². The molecular weight excluding hydrogens is 176 g/mol. The summed E-state index contributed by atoms with van der Waals surface area (Å²) >= 11 is 0. The molecule has 1 heterocycles. The first-order valence-electron chi connectivity index (χ1n) is 5.77. The third kappa shape index (κ3) is 2.27. The summed E-state index contributed by atoms with van der Waals surface area (Å²) < 4.78 is 0. The Balaban J connectivity index is 1.80. The molecule has 2 fully saturated rings. The fraction of sp³-hybridized carbons (Fsp3) is 0.909. The van der Waals surface area contributed by atoms with E-state index in [0.29, 0.717) is 6.04 Å². The van der Waals surface area contributed by atoms with Crippen LogP contribution < -0.4 is 5.32 Å². The standard InChI is InChI=1S/C11H20N2O/c1-9(14)12-10-4-3-7-13(8-10)11-5-2-6-11/h10-11H,2-8H2,1H3,(H,12,14)/t10-/m1/s1. The van der Waals surface area contributed by atoms with Crippen LogP contribution in [0.15, 0.2) is 0 Å². The third-order valence-corrected chi connectivity index (χ3v) is 3.45. The van der Waals surface area contributed by atoms with E-state index >= 15 is 0 Å². The summed E-state index contributed by atoms with van der Waals surface area (Å²) in [4.78, 5) is 13.5. The van der Waals surface area contributed by atoms with Gasteiger partial charge in [0.25, 0.3) is 0 Å². The number of nitrogens with one attached hydrogen (secondary N) is 1. The van der Waals surface area contributed by atoms with Crippen LogP contribution in [0.2, 0.25) is 0 Å². The molecule has 0 aromatic rings. The molecule has 2 aliphatic rings. The zero-order chi connectivity index (χ0) is 9.97. The molecule has 1 saturated heterocycles. The highest BCUT2D eigenvalue weighted by molar-refractivity contribution is 5.73. The van der Waals surface area contributed by atoms with E-state index < -0.39 is 0 Å². The molecule has 0 spiro atoms. The minimum absolute atomic E-state index is 0.116. The summed E-state index contributed by atoms with van der Waals surface area (Å²) in [6.45, 7) is 3.92. The number of hydrogen-bond acceptors (Lipinski definition) is 2. The lowest BCUT2D eigenvalue weighted by molar-refractivity contribution is -0.120. The summed E-state index contributed by atoms with van der Waals surface area (Å²) in [5.74, 6) is 0.116. The van der Waals surface area contributed by atoms with E-state index in [2.05, 4.69) is 10.2 Å². The Morgan fingerprint density at radius 3 is 2.64 bits per heavy atom. The van der Waals surface area contributed by atoms with E-state index in [0.717, 1.165) is 19.0 Å². The normalized spacial score (nSPS) is 29.6. The van der Waals surface area contributed by atoms with Crippen molar-refractivity contribution in [3.63, 3.8) is 0 Å². The Labute approximate surface area is 85.8 Å². The van der Waals surface area contributed by atoms with Crippen molar-refractivity contribution < 1.29 is 4.79 Å². The van der Waals surface area contributed by atoms with Crippen molar-refractivity contribution in [1.82, 2.24) is 10.2 Å². The molecule has 0 bridgehead atoms. The van der Waals surface area contributed by atoms with Crippen LogP contribution in [0.3, 0.4) is 0 Å². The number of amides is 1. The van der Waals surface area contributed by atoms with Crippen LogP contribution >= 0.6 is 0 Å². The Morgan fingerprint density at radius 1 is 1.29 bits per heavy atom. The molecule has 1 N–H and O–H groups in total. The highest BCUT2D eigenvalue weighted by atomic mass is 16.1. The summed E-state index contributed by atoms with van der Waals surface area (Å²) in [5.41, 5.74) is 0. The molecular formula is C11H20N2O. The van der Waals surface area contributed by atoms with Gasteiger partial charge in [-0.2, -0.15) is 0 Å². The van der Waals surface area contributed by atoms with Crippen LogP contribution in [0.1, 0.15) is 39.0 Å². The van der Waals surface area contributed by atoms with Gasteiger partial charge in [0, 0.05) is 25.6 Å². The summed E-state index contributed by atoms with van der Waals surface area (Å²) in [7, 11) is 0. The van der Waals surface area contributed by atoms with Gasteiger partial charge in [-0.1, -0.05) is 6.42 Å². The zero-order valence-electron chi connectivity index (χ0n) is 8.96. The van der Waals surface area contributed by atoms with Crippen LogP contribution in [0.4, 0.5) is 0 Å². The molecule has 3 nitrogen and oxygen atoms in total. The minimum atomic E-state index is 0.116. The van der Waals surface area contributed by atoms with Gasteiger partial charge >= 0.3 is 0 Å². The maximum Gasteiger partial charge on any atom is 0.217 e. The molecule has 1 aliphatic heterocycles. The van der Waals surface area contributed by atoms with Crippen molar-refractivity contribution in [2.75, 3.05) is 13.1 Å². The SMILES string of the molecule is CC(=O)N[C@@H]1CCCN(C2CCC2)C1. The maximum atomic E-state index is 10.9. The molecule has 1 atom stereocenters. The van der Waals surface area contributed by atoms with E-state index in [4.69, 9.17) is 0 Å². The van der Waals surface area contributed by atoms with Gasteiger partial charge in [0.15, 0.2) is 0 Å². The van der Waals surface area contributed by atoms with Crippen LogP contribution in [0.5, 0.6) is 0 Å². The second kappa shape index (κ2) is 4.30. The fourth-order valence-corrected chi connectivity index (χ4v) is 2.50. The quantitative estimate of drug-likeness (QED) is 0.718. The Morgan fingerprint density at radius 2 is 2.07 bits per heavy atom. The average Bonchev–Trinajstić information content (AvgIpc) is 1.99. The van der Waals surface area contributed by atoms with Gasteiger partial charge in [-0.3, -0.25) is 9.69 Å². The molecule has 0 aromatic carbocycles. The molecule has 3 heteroatoms. The largest absolute Gasteiger partial charge is 0.352 e. The smallest absolute Gasteiger partial charge is 0.217 e. The molecule has 0 aromatic heterocycles. The van der Waals surface area contributed by atoms with Gasteiger partial charge in [0.05, 0.1) is 0 Å². The number of nitrogens with zero attached hydrogens (tertiary/aromatic N) is 1. The Kier molecular flexibility index (Phi) is 3.06. The Hall–Kier alpha value is -0.570. The van der Waals surface area contributed by atoms with Crippen LogP contribution in [-0.2, 0) is 4.79 Å². The zero-order valence-corrected chi connectivity index (χ0v) is 8.96. The molecule has 1 amide bonds. The second-order valence-electron chi connectivity index (χ2n) is 4.62. The lowest BCUT2D eigenvalue weighted by Gasteiger charge is -2.42. The first-order chi connectivity index (χ1) is 6.75. The van der Waals surface area contributed by atoms with E-state index in [1.54, 1.807) is 6.92 Å². The maximum absolute atomic E-state index is 10.9. The van der Waals surface area contributed by atoms with Gasteiger partial charge in [-0.15, -0.1) is 0 Å². The molecule has 1 aliphatic carbocycles. The minimum Gasteiger partial charge on any atom is -0.352 e. The summed E-state index contributed by atoms with van der Waals surface area (Å²) in [5, 5.41) is 3.03. The van der Waals surface area contributed by atoms with Crippen molar-refractivity contribution in [3.8, 4) is 0 Å². The average molecular weight is 196 g/mol. The van der Waals surface area contributed by atoms with Crippen LogP contribution in [0.25, 0.3) is 0 Å². The van der Waals surface area contributed by atoms with Gasteiger partial charge in [-0.25, -0.2) is 0 Å². The van der Waals surface area contributed by atoms with Crippen LogP contribution in [0, 0.1) is 0 Å². The van der Waals surface area contributed by atoms with Gasteiger partial charge in [-0.05, 0) is 32.2 Å². The van der Waals surface area contributed by atoms with Crippen molar-refractivity contribution in [3.05, 3.63) is 0 Å². The lowest BCUT2D eigenvalue weighted by atomic mass is 9.89. The van der Waals surface area contributed by atoms with Crippen LogP contribution in [-0.4, -0.2) is 36.0 Å². The van der Waals surface area contributed by atoms with E-state index in [9.17, 15) is 4.79 Å². The van der Waals surface area contributed by atoms with Crippen molar-refractivity contribution in [2.45, 2.75) is 51.1 Å². The molecule has 0 unspecified atom stereocenters. The highest BCUT2D eigenvalue weighted by Gasteiger charge is 2.29. The van der Waals surface area contributed by atoms with E-state index in [1.807, 2.05) is 0 Å². The monoisotopic (exact) mass is 196 g/mol. The highest BCUT2D eigenvalue weighted by Crippen LogP contribution is 2.27. The summed E-state index contributed by atoms with van der Waals surface area (Å²) in [6, 6.07) is 1.23. The molecule has 2 rings (SSSR count). The molecule has 80 valence electrons. The van der Waals surface area contributed by atoms with Gasteiger partial charge in [0.2, 0.25) is 5.91 Å². The van der Waals surface area contributed by atoms with Crippen molar-refractivity contribution in [2.24, 2.45) is 0 Å². The van der Waals surface area contributed by atoms with Gasteiger partial charge < -0.3 is 5.32 Å². The number of carbonyl (C=O) groups is 1. The van der Waals surface area contributed by atoms with Gasteiger partial charge in [0.1, 0.15) is 0 Å². The number of hydrogen-bond donors (Lipinski definition) is 1. The third-order valence-electron chi connectivity index (χ3n) is 3.45. The molecule has 0 radical (unpaired) electrons. The lowest BCUT2D eigenvalue weighted by Crippen LogP contribution is -2.52. The van der Waals surface area contributed by atoms with Crippen molar-refractivity contribution in [1.29, 1.82) is 0 Å².